The van der Waals surface area contributed by atoms with E-state index in [1.807, 2.05) is 59.5 Å². The molecule has 1 heterocycles. The smallest absolute Gasteiger partial charge is 0.246 e. The molecular formula is C23H27NO3. The van der Waals surface area contributed by atoms with Gasteiger partial charge in [0.25, 0.3) is 0 Å². The number of para-hydroxylation sites is 1. The van der Waals surface area contributed by atoms with E-state index in [2.05, 4.69) is 6.92 Å². The van der Waals surface area contributed by atoms with Gasteiger partial charge in [-0.05, 0) is 37.5 Å². The molecule has 0 aliphatic carbocycles. The third kappa shape index (κ3) is 5.44. The van der Waals surface area contributed by atoms with E-state index in [1.165, 1.54) is 5.56 Å². The molecule has 0 saturated carbocycles. The first-order chi connectivity index (χ1) is 13.2. The summed E-state index contributed by atoms with van der Waals surface area (Å²) in [5, 5.41) is 0. The van der Waals surface area contributed by atoms with Crippen molar-refractivity contribution < 1.29 is 14.3 Å². The molecule has 0 spiro atoms. The van der Waals surface area contributed by atoms with E-state index in [4.69, 9.17) is 9.47 Å². The molecule has 0 aromatic heterocycles. The van der Waals surface area contributed by atoms with E-state index in [-0.39, 0.29) is 12.0 Å². The largest absolute Gasteiger partial charge is 0.496 e. The number of amides is 1. The van der Waals surface area contributed by atoms with Crippen molar-refractivity contribution in [2.24, 2.45) is 0 Å². The highest BCUT2D eigenvalue weighted by Crippen LogP contribution is 2.21. The number of benzene rings is 2. The first-order valence-corrected chi connectivity index (χ1v) is 9.43. The summed E-state index contributed by atoms with van der Waals surface area (Å²) in [5.41, 5.74) is 3.22. The molecule has 27 heavy (non-hydrogen) atoms. The lowest BCUT2D eigenvalue weighted by Crippen LogP contribution is -2.36. The van der Waals surface area contributed by atoms with Crippen LogP contribution in [0, 0.1) is 6.92 Å². The van der Waals surface area contributed by atoms with Gasteiger partial charge in [-0.2, -0.15) is 0 Å². The van der Waals surface area contributed by atoms with E-state index >= 15 is 0 Å². The van der Waals surface area contributed by atoms with Crippen molar-refractivity contribution in [1.82, 2.24) is 4.90 Å². The van der Waals surface area contributed by atoms with E-state index in [9.17, 15) is 4.79 Å². The number of nitrogens with zero attached hydrogens (tertiary/aromatic N) is 1. The van der Waals surface area contributed by atoms with Gasteiger partial charge in [-0.25, -0.2) is 0 Å². The van der Waals surface area contributed by atoms with Gasteiger partial charge in [-0.3, -0.25) is 4.79 Å². The molecule has 1 aliphatic rings. The fourth-order valence-electron chi connectivity index (χ4n) is 3.26. The normalized spacial score (nSPS) is 16.6. The Kier molecular flexibility index (Phi) is 6.66. The molecule has 4 nitrogen and oxygen atoms in total. The first-order valence-electron chi connectivity index (χ1n) is 9.43. The number of ether oxygens (including phenoxy) is 2. The third-order valence-electron chi connectivity index (χ3n) is 4.81. The minimum absolute atomic E-state index is 0.0167. The number of carbonyl (C=O) groups excluding carboxylic acids is 1. The molecule has 1 aliphatic heterocycles. The second-order valence-electron chi connectivity index (χ2n) is 6.91. The van der Waals surface area contributed by atoms with Crippen molar-refractivity contribution in [2.45, 2.75) is 32.4 Å². The van der Waals surface area contributed by atoms with Crippen LogP contribution in [-0.4, -0.2) is 37.2 Å². The summed E-state index contributed by atoms with van der Waals surface area (Å²) < 4.78 is 11.2. The average molecular weight is 365 g/mol. The fourth-order valence-corrected chi connectivity index (χ4v) is 3.26. The minimum Gasteiger partial charge on any atom is -0.496 e. The standard InChI is InChI=1S/C23H27NO3/c1-18-9-11-19(12-10-18)13-14-23(25)24(17-21-7-5-15-27-21)16-20-6-3-4-8-22(20)26-2/h3-4,6,8-14,21H,5,7,15-17H2,1-2H3/b14-13+. The quantitative estimate of drug-likeness (QED) is 0.690. The Bertz CT molecular complexity index is 776. The zero-order valence-corrected chi connectivity index (χ0v) is 16.1. The molecule has 0 N–H and O–H groups in total. The van der Waals surface area contributed by atoms with Gasteiger partial charge in [0, 0.05) is 31.3 Å². The van der Waals surface area contributed by atoms with Crippen LogP contribution in [0.15, 0.2) is 54.6 Å². The van der Waals surface area contributed by atoms with Crippen molar-refractivity contribution in [3.63, 3.8) is 0 Å². The summed E-state index contributed by atoms with van der Waals surface area (Å²) in [6, 6.07) is 15.9. The summed E-state index contributed by atoms with van der Waals surface area (Å²) in [5.74, 6) is 0.780. The summed E-state index contributed by atoms with van der Waals surface area (Å²) >= 11 is 0. The third-order valence-corrected chi connectivity index (χ3v) is 4.81. The molecule has 0 radical (unpaired) electrons. The summed E-state index contributed by atoms with van der Waals surface area (Å²) in [6.07, 6.45) is 5.68. The van der Waals surface area contributed by atoms with Crippen LogP contribution in [0.5, 0.6) is 5.75 Å². The zero-order chi connectivity index (χ0) is 19.1. The van der Waals surface area contributed by atoms with Crippen LogP contribution in [0.25, 0.3) is 6.08 Å². The van der Waals surface area contributed by atoms with Gasteiger partial charge in [-0.15, -0.1) is 0 Å². The second-order valence-corrected chi connectivity index (χ2v) is 6.91. The molecule has 1 amide bonds. The Morgan fingerprint density at radius 1 is 1.22 bits per heavy atom. The zero-order valence-electron chi connectivity index (χ0n) is 16.1. The maximum atomic E-state index is 12.9. The van der Waals surface area contributed by atoms with Crippen LogP contribution in [-0.2, 0) is 16.1 Å². The maximum absolute atomic E-state index is 12.9. The Labute approximate surface area is 161 Å². The predicted octanol–water partition coefficient (Wildman–Crippen LogP) is 4.22. The summed E-state index contributed by atoms with van der Waals surface area (Å²) in [7, 11) is 1.66. The van der Waals surface area contributed by atoms with E-state index in [0.29, 0.717) is 13.1 Å². The lowest BCUT2D eigenvalue weighted by molar-refractivity contribution is -0.128. The monoisotopic (exact) mass is 365 g/mol. The topological polar surface area (TPSA) is 38.8 Å². The fraction of sp³-hybridized carbons (Fsp3) is 0.348. The van der Waals surface area contributed by atoms with Gasteiger partial charge in [0.2, 0.25) is 5.91 Å². The Morgan fingerprint density at radius 3 is 2.70 bits per heavy atom. The predicted molar refractivity (Wildman–Crippen MR) is 108 cm³/mol. The van der Waals surface area contributed by atoms with Crippen LogP contribution in [0.4, 0.5) is 0 Å². The Hall–Kier alpha value is -2.59. The molecule has 1 fully saturated rings. The number of hydrogen-bond acceptors (Lipinski definition) is 3. The molecule has 142 valence electrons. The molecule has 4 heteroatoms. The van der Waals surface area contributed by atoms with Gasteiger partial charge in [0.05, 0.1) is 13.2 Å². The Balaban J connectivity index is 1.75. The number of carbonyl (C=O) groups is 1. The average Bonchev–Trinajstić information content (AvgIpc) is 3.20. The molecule has 1 saturated heterocycles. The van der Waals surface area contributed by atoms with Crippen molar-refractivity contribution in [2.75, 3.05) is 20.3 Å². The van der Waals surface area contributed by atoms with Crippen molar-refractivity contribution in [3.8, 4) is 5.75 Å². The Morgan fingerprint density at radius 2 is 2.00 bits per heavy atom. The van der Waals surface area contributed by atoms with Crippen molar-refractivity contribution in [3.05, 3.63) is 71.3 Å². The lowest BCUT2D eigenvalue weighted by Gasteiger charge is -2.25. The molecule has 2 aromatic carbocycles. The van der Waals surface area contributed by atoms with E-state index in [0.717, 1.165) is 36.3 Å². The maximum Gasteiger partial charge on any atom is 0.246 e. The highest BCUT2D eigenvalue weighted by molar-refractivity contribution is 5.91. The van der Waals surface area contributed by atoms with Crippen molar-refractivity contribution >= 4 is 12.0 Å². The highest BCUT2D eigenvalue weighted by Gasteiger charge is 2.22. The van der Waals surface area contributed by atoms with Gasteiger partial charge in [0.15, 0.2) is 0 Å². The minimum atomic E-state index is -0.0167. The van der Waals surface area contributed by atoms with Crippen LogP contribution < -0.4 is 4.74 Å². The van der Waals surface area contributed by atoms with Gasteiger partial charge >= 0.3 is 0 Å². The number of aryl methyl sites for hydroxylation is 1. The summed E-state index contributed by atoms with van der Waals surface area (Å²) in [4.78, 5) is 14.8. The second kappa shape index (κ2) is 9.38. The first kappa shape index (κ1) is 19.2. The lowest BCUT2D eigenvalue weighted by atomic mass is 10.1. The summed E-state index contributed by atoms with van der Waals surface area (Å²) in [6.45, 7) is 3.92. The van der Waals surface area contributed by atoms with Gasteiger partial charge in [0.1, 0.15) is 5.75 Å². The number of methoxy groups -OCH3 is 1. The van der Waals surface area contributed by atoms with Crippen LogP contribution in [0.3, 0.4) is 0 Å². The molecule has 1 unspecified atom stereocenters. The number of rotatable bonds is 7. The van der Waals surface area contributed by atoms with Crippen molar-refractivity contribution in [1.29, 1.82) is 0 Å². The van der Waals surface area contributed by atoms with Gasteiger partial charge in [-0.1, -0.05) is 48.0 Å². The highest BCUT2D eigenvalue weighted by atomic mass is 16.5. The van der Waals surface area contributed by atoms with Crippen LogP contribution >= 0.6 is 0 Å². The number of hydrogen-bond donors (Lipinski definition) is 0. The van der Waals surface area contributed by atoms with E-state index in [1.54, 1.807) is 13.2 Å². The molecule has 1 atom stereocenters. The molecule has 2 aromatic rings. The molecular weight excluding hydrogens is 338 g/mol. The van der Waals surface area contributed by atoms with E-state index < -0.39 is 0 Å². The van der Waals surface area contributed by atoms with Crippen LogP contribution in [0.2, 0.25) is 0 Å². The molecule has 3 rings (SSSR count). The van der Waals surface area contributed by atoms with Crippen LogP contribution in [0.1, 0.15) is 29.5 Å². The van der Waals surface area contributed by atoms with Gasteiger partial charge < -0.3 is 14.4 Å². The SMILES string of the molecule is COc1ccccc1CN(CC1CCCO1)C(=O)/C=C/c1ccc(C)cc1. The molecule has 0 bridgehead atoms.